The van der Waals surface area contributed by atoms with Gasteiger partial charge in [-0.15, -0.1) is 0 Å². The van der Waals surface area contributed by atoms with E-state index in [9.17, 15) is 0 Å². The van der Waals surface area contributed by atoms with Crippen molar-refractivity contribution >= 4 is 17.4 Å². The van der Waals surface area contributed by atoms with Gasteiger partial charge in [0.05, 0.1) is 0 Å². The molecule has 0 aliphatic rings. The second-order valence-electron chi connectivity index (χ2n) is 0. The van der Waals surface area contributed by atoms with E-state index >= 15 is 0 Å². The standard InChI is InChI=1S/Al.3H2O.2Y.3H/h;3*1H2;;;;;. The quantitative estimate of drug-likeness (QED) is 0.402. The van der Waals surface area contributed by atoms with Gasteiger partial charge >= 0.3 is 0 Å². The molecule has 0 atom stereocenters. The summed E-state index contributed by atoms with van der Waals surface area (Å²) in [6.07, 6.45) is 0. The second-order valence-corrected chi connectivity index (χ2v) is 0. The fourth-order valence-corrected chi connectivity index (χ4v) is 0. The van der Waals surface area contributed by atoms with Crippen LogP contribution in [0.15, 0.2) is 0 Å². The Kier molecular flexibility index (Phi) is 591. The molecule has 2 radical (unpaired) electrons. The fourth-order valence-electron chi connectivity index (χ4n) is 0. The van der Waals surface area contributed by atoms with Crippen LogP contribution in [0.2, 0.25) is 0 Å². The molecular formula is H9AlO3Y2. The molecule has 3 nitrogen and oxygen atoms in total. The van der Waals surface area contributed by atoms with Crippen molar-refractivity contribution in [2.75, 3.05) is 0 Å². The van der Waals surface area contributed by atoms with Crippen LogP contribution in [-0.2, 0) is 65.4 Å². The fraction of sp³-hybridized carbons (Fsp3) is 0. The number of hydrogen-bond acceptors (Lipinski definition) is 0. The third kappa shape index (κ3) is 30.5. The van der Waals surface area contributed by atoms with Crippen LogP contribution in [0, 0.1) is 0 Å². The molecule has 0 bridgehead atoms. The van der Waals surface area contributed by atoms with Crippen LogP contribution in [0.4, 0.5) is 0 Å². The van der Waals surface area contributed by atoms with Crippen molar-refractivity contribution in [2.45, 2.75) is 0 Å². The summed E-state index contributed by atoms with van der Waals surface area (Å²) in [6.45, 7) is 0. The molecule has 6 heteroatoms. The van der Waals surface area contributed by atoms with Crippen LogP contribution in [0.1, 0.15) is 0 Å². The zero-order valence-electron chi connectivity index (χ0n) is 2.65. The number of rotatable bonds is 0. The summed E-state index contributed by atoms with van der Waals surface area (Å²) in [5.74, 6) is 0. The van der Waals surface area contributed by atoms with E-state index in [2.05, 4.69) is 0 Å². The first-order valence-corrected chi connectivity index (χ1v) is 0. The Morgan fingerprint density at radius 3 is 0.500 bits per heavy atom. The van der Waals surface area contributed by atoms with E-state index in [0.29, 0.717) is 0 Å². The van der Waals surface area contributed by atoms with Crippen LogP contribution < -0.4 is 0 Å². The summed E-state index contributed by atoms with van der Waals surface area (Å²) in [6, 6.07) is 0. The molecule has 36 valence electrons. The Morgan fingerprint density at radius 2 is 0.500 bits per heavy atom. The van der Waals surface area contributed by atoms with Gasteiger partial charge in [-0.2, -0.15) is 0 Å². The van der Waals surface area contributed by atoms with Gasteiger partial charge in [-0.05, 0) is 0 Å². The van der Waals surface area contributed by atoms with Gasteiger partial charge in [-0.3, -0.25) is 0 Å². The molecule has 0 rings (SSSR count). The molecule has 0 heterocycles. The van der Waals surface area contributed by atoms with Gasteiger partial charge in [0.1, 0.15) is 0 Å². The molecule has 6 heavy (non-hydrogen) atoms. The molecule has 0 aliphatic carbocycles. The van der Waals surface area contributed by atoms with E-state index in [1.807, 2.05) is 0 Å². The van der Waals surface area contributed by atoms with Crippen molar-refractivity contribution in [2.24, 2.45) is 0 Å². The molecule has 6 N–H and O–H groups in total. The molecule has 0 fully saturated rings. The maximum absolute atomic E-state index is 0. The van der Waals surface area contributed by atoms with Crippen LogP contribution in [0.5, 0.6) is 0 Å². The molecule has 0 saturated heterocycles. The predicted molar refractivity (Wildman–Crippen MR) is 20.8 cm³/mol. The molecule has 0 spiro atoms. The Morgan fingerprint density at radius 1 is 0.500 bits per heavy atom. The van der Waals surface area contributed by atoms with E-state index in [4.69, 9.17) is 0 Å². The zero-order chi connectivity index (χ0) is 0. The second kappa shape index (κ2) is 48.6. The maximum Gasteiger partial charge on any atom is 0.187 e. The molecular weight excluding hydrogens is 253 g/mol. The Bertz CT molecular complexity index is 8.75. The first-order chi connectivity index (χ1) is 0. The van der Waals surface area contributed by atoms with Crippen molar-refractivity contribution in [3.05, 3.63) is 0 Å². The molecule has 0 aromatic carbocycles. The Hall–Kier alpha value is 2.62. The minimum Gasteiger partial charge on any atom is -0.412 e. The van der Waals surface area contributed by atoms with Crippen molar-refractivity contribution < 1.29 is 81.8 Å². The van der Waals surface area contributed by atoms with E-state index in [1.54, 1.807) is 0 Å². The van der Waals surface area contributed by atoms with Crippen molar-refractivity contribution in [1.29, 1.82) is 0 Å². The van der Waals surface area contributed by atoms with Crippen LogP contribution in [0.3, 0.4) is 0 Å². The monoisotopic (exact) mass is 262 g/mol. The molecule has 0 aliphatic heterocycles. The van der Waals surface area contributed by atoms with Gasteiger partial charge < -0.3 is 16.4 Å². The van der Waals surface area contributed by atoms with E-state index in [1.165, 1.54) is 0 Å². The molecule has 0 aromatic rings. The van der Waals surface area contributed by atoms with Gasteiger partial charge in [0, 0.05) is 65.4 Å². The van der Waals surface area contributed by atoms with Crippen LogP contribution >= 0.6 is 0 Å². The van der Waals surface area contributed by atoms with Crippen LogP contribution in [-0.4, -0.2) is 33.8 Å². The average Bonchev–Trinajstić information content (AvgIpc) is 0. The van der Waals surface area contributed by atoms with Gasteiger partial charge in [-0.1, -0.05) is 0 Å². The minimum atomic E-state index is 0. The first-order valence-electron chi connectivity index (χ1n) is 0. The average molecular weight is 262 g/mol. The van der Waals surface area contributed by atoms with E-state index < -0.39 is 0 Å². The third-order valence-corrected chi connectivity index (χ3v) is 0. The summed E-state index contributed by atoms with van der Waals surface area (Å²) in [7, 11) is 0. The largest absolute Gasteiger partial charge is 0.412 e. The summed E-state index contributed by atoms with van der Waals surface area (Å²) in [5.41, 5.74) is 0. The summed E-state index contributed by atoms with van der Waals surface area (Å²) < 4.78 is 0. The van der Waals surface area contributed by atoms with E-state index in [0.717, 1.165) is 0 Å². The summed E-state index contributed by atoms with van der Waals surface area (Å²) >= 11 is 0. The molecule has 0 unspecified atom stereocenters. The normalized spacial score (nSPS) is 0. The third-order valence-electron chi connectivity index (χ3n) is 0. The molecule has 0 saturated carbocycles. The molecule has 0 aromatic heterocycles. The van der Waals surface area contributed by atoms with Crippen molar-refractivity contribution in [3.8, 4) is 0 Å². The van der Waals surface area contributed by atoms with Crippen LogP contribution in [0.25, 0.3) is 0 Å². The molecule has 0 amide bonds. The summed E-state index contributed by atoms with van der Waals surface area (Å²) in [5, 5.41) is 0. The van der Waals surface area contributed by atoms with Gasteiger partial charge in [0.15, 0.2) is 17.4 Å². The Labute approximate surface area is 97.5 Å². The zero-order valence-corrected chi connectivity index (χ0v) is 8.33. The first kappa shape index (κ1) is 72.9. The smallest absolute Gasteiger partial charge is 0.187 e. The SMILES string of the molecule is O.O.O.[AlH3].[Y].[Y]. The minimum absolute atomic E-state index is 0. The van der Waals surface area contributed by atoms with E-state index in [-0.39, 0.29) is 99.2 Å². The van der Waals surface area contributed by atoms with Crippen molar-refractivity contribution in [3.63, 3.8) is 0 Å². The topological polar surface area (TPSA) is 94.5 Å². The van der Waals surface area contributed by atoms with Gasteiger partial charge in [-0.25, -0.2) is 0 Å². The van der Waals surface area contributed by atoms with Gasteiger partial charge in [0.2, 0.25) is 0 Å². The summed E-state index contributed by atoms with van der Waals surface area (Å²) in [4.78, 5) is 0. The van der Waals surface area contributed by atoms with Crippen molar-refractivity contribution in [1.82, 2.24) is 0 Å². The Balaban J connectivity index is 0. The van der Waals surface area contributed by atoms with Gasteiger partial charge in [0.25, 0.3) is 0 Å². The number of hydrogen-bond donors (Lipinski definition) is 0. The maximum atomic E-state index is 0. The predicted octanol–water partition coefficient (Wildman–Crippen LogP) is -3.66.